The molecule has 56 valence electrons. The Labute approximate surface area is 73.0 Å². The molecule has 0 saturated carbocycles. The minimum atomic E-state index is 0.545. The lowest BCUT2D eigenvalue weighted by atomic mass is 10.1. The molecular formula is C6H9BrN2S. The van der Waals surface area contributed by atoms with Gasteiger partial charge < -0.3 is 0 Å². The SMILES string of the molecule is CCC(C)c1nc(Br)ns1. The zero-order valence-electron chi connectivity index (χ0n) is 5.97. The number of aromatic nitrogens is 2. The van der Waals surface area contributed by atoms with Gasteiger partial charge in [0.05, 0.1) is 0 Å². The van der Waals surface area contributed by atoms with Crippen LogP contribution in [0.4, 0.5) is 0 Å². The summed E-state index contributed by atoms with van der Waals surface area (Å²) in [6, 6.07) is 0. The molecule has 2 nitrogen and oxygen atoms in total. The summed E-state index contributed by atoms with van der Waals surface area (Å²) in [6.45, 7) is 4.31. The van der Waals surface area contributed by atoms with Gasteiger partial charge in [-0.1, -0.05) is 13.8 Å². The Morgan fingerprint density at radius 2 is 2.40 bits per heavy atom. The van der Waals surface area contributed by atoms with Crippen LogP contribution in [0.5, 0.6) is 0 Å². The summed E-state index contributed by atoms with van der Waals surface area (Å²) < 4.78 is 4.75. The highest BCUT2D eigenvalue weighted by atomic mass is 79.9. The smallest absolute Gasteiger partial charge is 0.209 e. The van der Waals surface area contributed by atoms with Crippen LogP contribution in [-0.2, 0) is 0 Å². The first-order valence-electron chi connectivity index (χ1n) is 3.23. The Morgan fingerprint density at radius 1 is 1.70 bits per heavy atom. The van der Waals surface area contributed by atoms with Crippen molar-refractivity contribution >= 4 is 27.5 Å². The maximum Gasteiger partial charge on any atom is 0.209 e. The molecule has 4 heteroatoms. The quantitative estimate of drug-likeness (QED) is 0.767. The van der Waals surface area contributed by atoms with Gasteiger partial charge in [-0.25, -0.2) is 4.98 Å². The van der Waals surface area contributed by atoms with Crippen molar-refractivity contribution in [3.05, 3.63) is 9.74 Å². The van der Waals surface area contributed by atoms with E-state index in [-0.39, 0.29) is 0 Å². The Balaban J connectivity index is 2.74. The van der Waals surface area contributed by atoms with Gasteiger partial charge in [0, 0.05) is 5.92 Å². The van der Waals surface area contributed by atoms with Crippen molar-refractivity contribution in [1.82, 2.24) is 9.36 Å². The topological polar surface area (TPSA) is 25.8 Å². The zero-order chi connectivity index (χ0) is 7.56. The summed E-state index contributed by atoms with van der Waals surface area (Å²) >= 11 is 4.69. The van der Waals surface area contributed by atoms with E-state index < -0.39 is 0 Å². The van der Waals surface area contributed by atoms with Gasteiger partial charge in [-0.05, 0) is 33.9 Å². The molecule has 0 amide bonds. The molecule has 1 atom stereocenters. The highest BCUT2D eigenvalue weighted by Crippen LogP contribution is 2.21. The average Bonchev–Trinajstić information content (AvgIpc) is 2.34. The molecule has 0 saturated heterocycles. The van der Waals surface area contributed by atoms with Crippen LogP contribution < -0.4 is 0 Å². The molecule has 0 fully saturated rings. The third kappa shape index (κ3) is 1.76. The number of hydrogen-bond acceptors (Lipinski definition) is 3. The number of rotatable bonds is 2. The molecule has 1 aromatic rings. The summed E-state index contributed by atoms with van der Waals surface area (Å²) in [7, 11) is 0. The van der Waals surface area contributed by atoms with Gasteiger partial charge >= 0.3 is 0 Å². The van der Waals surface area contributed by atoms with Gasteiger partial charge in [0.25, 0.3) is 0 Å². The van der Waals surface area contributed by atoms with E-state index in [1.54, 1.807) is 0 Å². The molecule has 0 aliphatic heterocycles. The van der Waals surface area contributed by atoms with E-state index in [2.05, 4.69) is 39.1 Å². The number of halogens is 1. The zero-order valence-corrected chi connectivity index (χ0v) is 8.37. The highest BCUT2D eigenvalue weighted by Gasteiger charge is 2.07. The first-order chi connectivity index (χ1) is 4.74. The van der Waals surface area contributed by atoms with Crippen LogP contribution in [0.3, 0.4) is 0 Å². The van der Waals surface area contributed by atoms with E-state index in [0.29, 0.717) is 10.7 Å². The van der Waals surface area contributed by atoms with Crippen molar-refractivity contribution < 1.29 is 0 Å². The van der Waals surface area contributed by atoms with E-state index >= 15 is 0 Å². The molecule has 0 aromatic carbocycles. The van der Waals surface area contributed by atoms with Crippen LogP contribution >= 0.6 is 27.5 Å². The molecule has 1 unspecified atom stereocenters. The lowest BCUT2D eigenvalue weighted by Gasteiger charge is -1.99. The molecule has 1 heterocycles. The second-order valence-electron chi connectivity index (χ2n) is 2.21. The predicted octanol–water partition coefficient (Wildman–Crippen LogP) is 2.81. The second kappa shape index (κ2) is 3.44. The summed E-state index contributed by atoms with van der Waals surface area (Å²) in [4.78, 5) is 4.21. The van der Waals surface area contributed by atoms with E-state index in [1.807, 2.05) is 0 Å². The molecule has 0 spiro atoms. The van der Waals surface area contributed by atoms with Gasteiger partial charge in [-0.15, -0.1) is 0 Å². The van der Waals surface area contributed by atoms with Gasteiger partial charge in [0.15, 0.2) is 0 Å². The monoisotopic (exact) mass is 220 g/mol. The van der Waals surface area contributed by atoms with E-state index in [9.17, 15) is 0 Å². The first-order valence-corrected chi connectivity index (χ1v) is 4.79. The third-order valence-electron chi connectivity index (χ3n) is 1.45. The molecule has 0 N–H and O–H groups in total. The number of nitrogens with zero attached hydrogens (tertiary/aromatic N) is 2. The maximum absolute atomic E-state index is 4.21. The van der Waals surface area contributed by atoms with Crippen molar-refractivity contribution in [2.75, 3.05) is 0 Å². The van der Waals surface area contributed by atoms with Crippen molar-refractivity contribution in [3.8, 4) is 0 Å². The molecule has 1 rings (SSSR count). The molecule has 10 heavy (non-hydrogen) atoms. The first kappa shape index (κ1) is 8.14. The van der Waals surface area contributed by atoms with Crippen LogP contribution in [-0.4, -0.2) is 9.36 Å². The lowest BCUT2D eigenvalue weighted by molar-refractivity contribution is 0.725. The van der Waals surface area contributed by atoms with Crippen LogP contribution in [0.25, 0.3) is 0 Å². The predicted molar refractivity (Wildman–Crippen MR) is 46.3 cm³/mol. The largest absolute Gasteiger partial charge is 0.214 e. The second-order valence-corrected chi connectivity index (χ2v) is 3.70. The highest BCUT2D eigenvalue weighted by molar-refractivity contribution is 9.10. The number of hydrogen-bond donors (Lipinski definition) is 0. The van der Waals surface area contributed by atoms with E-state index in [0.717, 1.165) is 11.4 Å². The molecule has 0 aliphatic rings. The molecule has 0 radical (unpaired) electrons. The van der Waals surface area contributed by atoms with Crippen molar-refractivity contribution in [2.45, 2.75) is 26.2 Å². The summed E-state index contributed by atoms with van der Waals surface area (Å²) in [5, 5.41) is 1.12. The normalized spacial score (nSPS) is 13.5. The van der Waals surface area contributed by atoms with Gasteiger partial charge in [0.2, 0.25) is 4.73 Å². The van der Waals surface area contributed by atoms with Crippen molar-refractivity contribution in [1.29, 1.82) is 0 Å². The molecular weight excluding hydrogens is 212 g/mol. The Hall–Kier alpha value is 0.0400. The van der Waals surface area contributed by atoms with Gasteiger partial charge in [-0.2, -0.15) is 4.37 Å². The van der Waals surface area contributed by atoms with Crippen LogP contribution in [0, 0.1) is 0 Å². The minimum Gasteiger partial charge on any atom is -0.214 e. The van der Waals surface area contributed by atoms with Crippen LogP contribution in [0.1, 0.15) is 31.2 Å². The fourth-order valence-corrected chi connectivity index (χ4v) is 1.80. The summed E-state index contributed by atoms with van der Waals surface area (Å²) in [6.07, 6.45) is 1.13. The molecule has 1 aromatic heterocycles. The fraction of sp³-hybridized carbons (Fsp3) is 0.667. The molecule has 0 aliphatic carbocycles. The van der Waals surface area contributed by atoms with Gasteiger partial charge in [0.1, 0.15) is 5.01 Å². The Kier molecular flexibility index (Phi) is 2.80. The summed E-state index contributed by atoms with van der Waals surface area (Å²) in [5.74, 6) is 0.545. The fourth-order valence-electron chi connectivity index (χ4n) is 0.591. The van der Waals surface area contributed by atoms with Crippen LogP contribution in [0.15, 0.2) is 4.73 Å². The van der Waals surface area contributed by atoms with Crippen molar-refractivity contribution in [2.24, 2.45) is 0 Å². The van der Waals surface area contributed by atoms with Crippen molar-refractivity contribution in [3.63, 3.8) is 0 Å². The molecule has 0 bridgehead atoms. The maximum atomic E-state index is 4.21. The van der Waals surface area contributed by atoms with Gasteiger partial charge in [-0.3, -0.25) is 0 Å². The average molecular weight is 221 g/mol. The minimum absolute atomic E-state index is 0.545. The lowest BCUT2D eigenvalue weighted by Crippen LogP contribution is -1.88. The summed E-state index contributed by atoms with van der Waals surface area (Å²) in [5.41, 5.74) is 0. The van der Waals surface area contributed by atoms with E-state index in [4.69, 9.17) is 0 Å². The Morgan fingerprint density at radius 3 is 2.80 bits per heavy atom. The Bertz CT molecular complexity index is 211. The standard InChI is InChI=1S/C6H9BrN2S/c1-3-4(2)5-8-6(7)9-10-5/h4H,3H2,1-2H3. The van der Waals surface area contributed by atoms with Crippen LogP contribution in [0.2, 0.25) is 0 Å². The third-order valence-corrected chi connectivity index (χ3v) is 2.99. The van der Waals surface area contributed by atoms with E-state index in [1.165, 1.54) is 11.5 Å².